The van der Waals surface area contributed by atoms with Gasteiger partial charge in [-0.1, -0.05) is 0 Å². The topological polar surface area (TPSA) is 27.7 Å². The van der Waals surface area contributed by atoms with E-state index in [2.05, 4.69) is 22.2 Å². The highest BCUT2D eigenvalue weighted by molar-refractivity contribution is 4.71. The summed E-state index contributed by atoms with van der Waals surface area (Å²) < 4.78 is 5.52. The van der Waals surface area contributed by atoms with Crippen LogP contribution < -0.4 is 5.32 Å². The number of likely N-dealkylation sites (N-methyl/N-ethyl adjacent to an activating group) is 1. The highest BCUT2D eigenvalue weighted by atomic mass is 16.5. The van der Waals surface area contributed by atoms with Gasteiger partial charge in [-0.05, 0) is 13.5 Å². The van der Waals surface area contributed by atoms with Crippen LogP contribution in [0.4, 0.5) is 0 Å². The van der Waals surface area contributed by atoms with Gasteiger partial charge in [0.25, 0.3) is 0 Å². The van der Waals surface area contributed by atoms with Gasteiger partial charge < -0.3 is 14.5 Å². The third-order valence-electron chi connectivity index (χ3n) is 3.10. The van der Waals surface area contributed by atoms with E-state index in [-0.39, 0.29) is 0 Å². The molecule has 0 amide bonds. The lowest BCUT2D eigenvalue weighted by Gasteiger charge is -2.32. The molecule has 1 atom stereocenters. The minimum atomic E-state index is 0.314. The van der Waals surface area contributed by atoms with Gasteiger partial charge in [0.05, 0.1) is 6.61 Å². The molecule has 4 nitrogen and oxygen atoms in total. The molecule has 2 rings (SSSR count). The molecule has 2 aliphatic rings. The van der Waals surface area contributed by atoms with E-state index in [0.29, 0.717) is 6.23 Å². The average Bonchev–Trinajstić information content (AvgIpc) is 2.70. The minimum Gasteiger partial charge on any atom is -0.362 e. The zero-order valence-electron chi connectivity index (χ0n) is 9.04. The lowest BCUT2D eigenvalue weighted by atomic mass is 10.3. The molecular weight excluding hydrogens is 178 g/mol. The number of ether oxygens (including phenoxy) is 1. The molecule has 1 N–H and O–H groups in total. The standard InChI is InChI=1S/C10H21N3O/c1-12-5-7-13(8-6-12)4-2-10-11-3-9-14-10/h10-11H,2-9H2,1H3. The Morgan fingerprint density at radius 2 is 2.07 bits per heavy atom. The molecule has 2 heterocycles. The molecule has 0 radical (unpaired) electrons. The first-order valence-corrected chi connectivity index (χ1v) is 5.60. The van der Waals surface area contributed by atoms with Gasteiger partial charge in [0.15, 0.2) is 0 Å². The second kappa shape index (κ2) is 5.07. The Kier molecular flexibility index (Phi) is 3.75. The molecule has 0 spiro atoms. The van der Waals surface area contributed by atoms with Crippen molar-refractivity contribution in [3.05, 3.63) is 0 Å². The van der Waals surface area contributed by atoms with Gasteiger partial charge >= 0.3 is 0 Å². The van der Waals surface area contributed by atoms with Gasteiger partial charge in [-0.2, -0.15) is 0 Å². The van der Waals surface area contributed by atoms with Crippen molar-refractivity contribution < 1.29 is 4.74 Å². The van der Waals surface area contributed by atoms with Crippen LogP contribution in [0.5, 0.6) is 0 Å². The van der Waals surface area contributed by atoms with Crippen LogP contribution in [-0.2, 0) is 4.74 Å². The van der Waals surface area contributed by atoms with Crippen LogP contribution in [0.25, 0.3) is 0 Å². The Balaban J connectivity index is 1.60. The quantitative estimate of drug-likeness (QED) is 0.667. The fraction of sp³-hybridized carbons (Fsp3) is 1.00. The number of piperazine rings is 1. The predicted octanol–water partition coefficient (Wildman–Crippen LogP) is -0.430. The molecule has 0 aromatic heterocycles. The van der Waals surface area contributed by atoms with E-state index in [1.807, 2.05) is 0 Å². The molecule has 2 aliphatic heterocycles. The number of rotatable bonds is 3. The molecule has 0 saturated carbocycles. The van der Waals surface area contributed by atoms with Crippen molar-refractivity contribution in [3.8, 4) is 0 Å². The fourth-order valence-corrected chi connectivity index (χ4v) is 2.04. The van der Waals surface area contributed by atoms with E-state index < -0.39 is 0 Å². The van der Waals surface area contributed by atoms with E-state index in [1.54, 1.807) is 0 Å². The van der Waals surface area contributed by atoms with Gasteiger partial charge in [0.1, 0.15) is 6.23 Å². The molecule has 4 heteroatoms. The minimum absolute atomic E-state index is 0.314. The molecule has 1 unspecified atom stereocenters. The van der Waals surface area contributed by atoms with Crippen molar-refractivity contribution >= 4 is 0 Å². The Labute approximate surface area is 86.2 Å². The van der Waals surface area contributed by atoms with Crippen molar-refractivity contribution in [2.75, 3.05) is 52.9 Å². The summed E-state index contributed by atoms with van der Waals surface area (Å²) in [5.74, 6) is 0. The zero-order valence-corrected chi connectivity index (χ0v) is 9.04. The summed E-state index contributed by atoms with van der Waals surface area (Å²) in [5.41, 5.74) is 0. The van der Waals surface area contributed by atoms with Crippen LogP contribution in [0, 0.1) is 0 Å². The summed E-state index contributed by atoms with van der Waals surface area (Å²) in [6, 6.07) is 0. The highest BCUT2D eigenvalue weighted by Gasteiger charge is 2.18. The highest BCUT2D eigenvalue weighted by Crippen LogP contribution is 2.05. The lowest BCUT2D eigenvalue weighted by molar-refractivity contribution is 0.0733. The van der Waals surface area contributed by atoms with Crippen LogP contribution in [0.2, 0.25) is 0 Å². The van der Waals surface area contributed by atoms with E-state index in [1.165, 1.54) is 32.7 Å². The molecule has 2 saturated heterocycles. The second-order valence-corrected chi connectivity index (χ2v) is 4.25. The van der Waals surface area contributed by atoms with Gasteiger partial charge in [-0.15, -0.1) is 0 Å². The molecular formula is C10H21N3O. The Morgan fingerprint density at radius 1 is 1.29 bits per heavy atom. The van der Waals surface area contributed by atoms with Gasteiger partial charge in [-0.3, -0.25) is 5.32 Å². The zero-order chi connectivity index (χ0) is 9.80. The van der Waals surface area contributed by atoms with Crippen LogP contribution >= 0.6 is 0 Å². The summed E-state index contributed by atoms with van der Waals surface area (Å²) in [4.78, 5) is 4.92. The summed E-state index contributed by atoms with van der Waals surface area (Å²) in [5, 5.41) is 3.35. The molecule has 2 fully saturated rings. The maximum atomic E-state index is 5.52. The van der Waals surface area contributed by atoms with Crippen molar-refractivity contribution in [1.82, 2.24) is 15.1 Å². The van der Waals surface area contributed by atoms with E-state index in [4.69, 9.17) is 4.74 Å². The SMILES string of the molecule is CN1CCN(CCC2NCCO2)CC1. The smallest absolute Gasteiger partial charge is 0.109 e. The van der Waals surface area contributed by atoms with Crippen LogP contribution in [0.15, 0.2) is 0 Å². The molecule has 0 aromatic carbocycles. The van der Waals surface area contributed by atoms with Crippen LogP contribution in [0.1, 0.15) is 6.42 Å². The van der Waals surface area contributed by atoms with Crippen molar-refractivity contribution in [2.45, 2.75) is 12.6 Å². The van der Waals surface area contributed by atoms with Gasteiger partial charge in [-0.25, -0.2) is 0 Å². The number of nitrogens with zero attached hydrogens (tertiary/aromatic N) is 2. The molecule has 82 valence electrons. The summed E-state index contributed by atoms with van der Waals surface area (Å²) >= 11 is 0. The number of nitrogens with one attached hydrogen (secondary N) is 1. The van der Waals surface area contributed by atoms with Crippen molar-refractivity contribution in [1.29, 1.82) is 0 Å². The van der Waals surface area contributed by atoms with Gasteiger partial charge in [0.2, 0.25) is 0 Å². The molecule has 0 aromatic rings. The van der Waals surface area contributed by atoms with Gasteiger partial charge in [0, 0.05) is 39.3 Å². The third-order valence-corrected chi connectivity index (χ3v) is 3.10. The number of hydrogen-bond donors (Lipinski definition) is 1. The third kappa shape index (κ3) is 2.92. The summed E-state index contributed by atoms with van der Waals surface area (Å²) in [7, 11) is 2.19. The Morgan fingerprint density at radius 3 is 2.71 bits per heavy atom. The largest absolute Gasteiger partial charge is 0.362 e. The van der Waals surface area contributed by atoms with E-state index in [0.717, 1.165) is 19.6 Å². The molecule has 0 bridgehead atoms. The monoisotopic (exact) mass is 199 g/mol. The van der Waals surface area contributed by atoms with E-state index >= 15 is 0 Å². The summed E-state index contributed by atoms with van der Waals surface area (Å²) in [6.07, 6.45) is 1.44. The predicted molar refractivity (Wildman–Crippen MR) is 56.3 cm³/mol. The first kappa shape index (κ1) is 10.4. The maximum Gasteiger partial charge on any atom is 0.109 e. The van der Waals surface area contributed by atoms with Crippen molar-refractivity contribution in [2.24, 2.45) is 0 Å². The average molecular weight is 199 g/mol. The molecule has 0 aliphatic carbocycles. The van der Waals surface area contributed by atoms with E-state index in [9.17, 15) is 0 Å². The first-order valence-electron chi connectivity index (χ1n) is 5.60. The molecule has 14 heavy (non-hydrogen) atoms. The van der Waals surface area contributed by atoms with Crippen LogP contribution in [-0.4, -0.2) is 69.0 Å². The summed E-state index contributed by atoms with van der Waals surface area (Å²) in [6.45, 7) is 7.91. The fourth-order valence-electron chi connectivity index (χ4n) is 2.04. The lowest BCUT2D eigenvalue weighted by Crippen LogP contribution is -2.45. The van der Waals surface area contributed by atoms with Crippen LogP contribution in [0.3, 0.4) is 0 Å². The number of hydrogen-bond acceptors (Lipinski definition) is 4. The second-order valence-electron chi connectivity index (χ2n) is 4.25. The maximum absolute atomic E-state index is 5.52. The first-order chi connectivity index (χ1) is 6.84. The Hall–Kier alpha value is -0.160. The van der Waals surface area contributed by atoms with Crippen molar-refractivity contribution in [3.63, 3.8) is 0 Å². The normalized spacial score (nSPS) is 31.1. The Bertz CT molecular complexity index is 163.